The number of unbranched alkanes of at least 4 members (excludes halogenated alkanes) is 8. The van der Waals surface area contributed by atoms with Crippen LogP contribution in [0.2, 0.25) is 0 Å². The molecule has 0 saturated heterocycles. The van der Waals surface area contributed by atoms with Gasteiger partial charge in [-0.3, -0.25) is 0 Å². The fourth-order valence-electron chi connectivity index (χ4n) is 3.53. The van der Waals surface area contributed by atoms with E-state index in [2.05, 4.69) is 6.92 Å². The van der Waals surface area contributed by atoms with E-state index in [0.717, 1.165) is 51.0 Å². The normalized spacial score (nSPS) is 13.1. The highest BCUT2D eigenvalue weighted by Gasteiger charge is 2.30. The maximum Gasteiger partial charge on any atom is 0.278 e. The van der Waals surface area contributed by atoms with Crippen LogP contribution in [0.3, 0.4) is 0 Å². The summed E-state index contributed by atoms with van der Waals surface area (Å²) in [6.45, 7) is 2.17. The number of aliphatic hydroxyl groups is 3. The minimum absolute atomic E-state index is 0.527. The molecule has 0 amide bonds. The third-order valence-electron chi connectivity index (χ3n) is 5.14. The van der Waals surface area contributed by atoms with Crippen LogP contribution in [0.15, 0.2) is 18.2 Å². The van der Waals surface area contributed by atoms with Crippen LogP contribution < -0.4 is 0 Å². The second-order valence-electron chi connectivity index (χ2n) is 7.67. The smallest absolute Gasteiger partial charge is 0.278 e. The predicted molar refractivity (Wildman–Crippen MR) is 104 cm³/mol. The molecule has 1 atom stereocenters. The molecule has 0 fully saturated rings. The Bertz CT molecular complexity index is 495. The minimum atomic E-state index is -2.61. The summed E-state index contributed by atoms with van der Waals surface area (Å²) in [5, 5.41) is 28.7. The molecule has 0 aliphatic carbocycles. The Balaban J connectivity index is 2.19. The van der Waals surface area contributed by atoms with Gasteiger partial charge in [-0.25, -0.2) is 8.78 Å². The summed E-state index contributed by atoms with van der Waals surface area (Å²) in [6, 6.07) is 3.59. The van der Waals surface area contributed by atoms with Gasteiger partial charge in [0, 0.05) is 12.0 Å². The van der Waals surface area contributed by atoms with Gasteiger partial charge in [0.1, 0.15) is 11.6 Å². The number of halogens is 2. The van der Waals surface area contributed by atoms with Gasteiger partial charge in [-0.2, -0.15) is 0 Å². The first-order chi connectivity index (χ1) is 12.8. The summed E-state index contributed by atoms with van der Waals surface area (Å²) >= 11 is 0. The fourth-order valence-corrected chi connectivity index (χ4v) is 3.53. The molecule has 27 heavy (non-hydrogen) atoms. The van der Waals surface area contributed by atoms with E-state index < -0.39 is 23.5 Å². The molecular weight excluding hydrogens is 350 g/mol. The number of rotatable bonds is 15. The second-order valence-corrected chi connectivity index (χ2v) is 7.67. The van der Waals surface area contributed by atoms with E-state index in [-0.39, 0.29) is 0 Å². The first-order valence-electron chi connectivity index (χ1n) is 10.4. The Morgan fingerprint density at radius 3 is 1.74 bits per heavy atom. The Kier molecular flexibility index (Phi) is 11.7. The lowest BCUT2D eigenvalue weighted by Gasteiger charge is -2.26. The molecule has 1 rings (SSSR count). The van der Waals surface area contributed by atoms with Gasteiger partial charge in [0.15, 0.2) is 0 Å². The average molecular weight is 387 g/mol. The van der Waals surface area contributed by atoms with Gasteiger partial charge in [-0.1, -0.05) is 64.7 Å². The summed E-state index contributed by atoms with van der Waals surface area (Å²) < 4.78 is 26.3. The highest BCUT2D eigenvalue weighted by Crippen LogP contribution is 2.26. The summed E-state index contributed by atoms with van der Waals surface area (Å²) in [6.07, 6.45) is 11.9. The molecule has 0 heterocycles. The summed E-state index contributed by atoms with van der Waals surface area (Å²) in [5.41, 5.74) is 0.661. The Labute approximate surface area is 162 Å². The molecule has 1 unspecified atom stereocenters. The molecule has 0 radical (unpaired) electrons. The summed E-state index contributed by atoms with van der Waals surface area (Å²) in [4.78, 5) is 0. The van der Waals surface area contributed by atoms with E-state index in [1.807, 2.05) is 0 Å². The third kappa shape index (κ3) is 11.4. The maximum atomic E-state index is 13.1. The Hall–Kier alpha value is -1.04. The summed E-state index contributed by atoms with van der Waals surface area (Å²) in [5.74, 6) is -4.23. The maximum absolute atomic E-state index is 13.1. The molecule has 0 aliphatic rings. The van der Waals surface area contributed by atoms with Gasteiger partial charge in [0.25, 0.3) is 5.97 Å². The number of aryl methyl sites for hydroxylation is 1. The van der Waals surface area contributed by atoms with Crippen LogP contribution >= 0.6 is 0 Å². The van der Waals surface area contributed by atoms with Gasteiger partial charge in [0.2, 0.25) is 0 Å². The zero-order valence-electron chi connectivity index (χ0n) is 16.6. The molecule has 1 aromatic rings. The standard InChI is InChI=1S/C22H36F2O3/c1-2-3-4-5-6-10-13-19(22(25,26)27)14-11-8-7-9-12-18-15-20(23)17-21(24)16-18/h15-17,19,25-27H,2-14H2,1H3. The zero-order chi connectivity index (χ0) is 20.1. The van der Waals surface area contributed by atoms with Crippen molar-refractivity contribution in [3.8, 4) is 0 Å². The number of hydrogen-bond acceptors (Lipinski definition) is 3. The van der Waals surface area contributed by atoms with Crippen LogP contribution in [-0.2, 0) is 6.42 Å². The molecule has 0 aliphatic heterocycles. The van der Waals surface area contributed by atoms with Gasteiger partial charge in [0.05, 0.1) is 0 Å². The fraction of sp³-hybridized carbons (Fsp3) is 0.727. The van der Waals surface area contributed by atoms with E-state index >= 15 is 0 Å². The lowest BCUT2D eigenvalue weighted by Crippen LogP contribution is -2.37. The second kappa shape index (κ2) is 13.2. The third-order valence-corrected chi connectivity index (χ3v) is 5.14. The van der Waals surface area contributed by atoms with Crippen molar-refractivity contribution in [3.05, 3.63) is 35.4 Å². The van der Waals surface area contributed by atoms with Gasteiger partial charge in [-0.05, 0) is 43.4 Å². The van der Waals surface area contributed by atoms with Crippen molar-refractivity contribution in [2.45, 2.75) is 96.4 Å². The summed E-state index contributed by atoms with van der Waals surface area (Å²) in [7, 11) is 0. The van der Waals surface area contributed by atoms with Crippen LogP contribution in [0, 0.1) is 17.6 Å². The van der Waals surface area contributed by atoms with Crippen LogP contribution in [0.25, 0.3) is 0 Å². The van der Waals surface area contributed by atoms with Crippen molar-refractivity contribution in [3.63, 3.8) is 0 Å². The van der Waals surface area contributed by atoms with Crippen LogP contribution in [0.1, 0.15) is 89.5 Å². The molecule has 3 nitrogen and oxygen atoms in total. The molecular formula is C22H36F2O3. The lowest BCUT2D eigenvalue weighted by atomic mass is 9.92. The van der Waals surface area contributed by atoms with E-state index in [4.69, 9.17) is 0 Å². The van der Waals surface area contributed by atoms with Crippen molar-refractivity contribution in [2.75, 3.05) is 0 Å². The largest absolute Gasteiger partial charge is 0.343 e. The molecule has 0 bridgehead atoms. The molecule has 0 saturated carbocycles. The highest BCUT2D eigenvalue weighted by atomic mass is 19.1. The van der Waals surface area contributed by atoms with Crippen molar-refractivity contribution < 1.29 is 24.1 Å². The molecule has 1 aromatic carbocycles. The van der Waals surface area contributed by atoms with Crippen molar-refractivity contribution in [2.24, 2.45) is 5.92 Å². The van der Waals surface area contributed by atoms with Crippen molar-refractivity contribution >= 4 is 0 Å². The van der Waals surface area contributed by atoms with E-state index in [9.17, 15) is 24.1 Å². The van der Waals surface area contributed by atoms with Crippen LogP contribution in [-0.4, -0.2) is 21.3 Å². The van der Waals surface area contributed by atoms with Gasteiger partial charge < -0.3 is 15.3 Å². The molecule has 0 aromatic heterocycles. The molecule has 3 N–H and O–H groups in total. The van der Waals surface area contributed by atoms with E-state index in [1.54, 1.807) is 0 Å². The SMILES string of the molecule is CCCCCCCCC(CCCCCCc1cc(F)cc(F)c1)C(O)(O)O. The molecule has 0 spiro atoms. The number of hydrogen-bond donors (Lipinski definition) is 3. The topological polar surface area (TPSA) is 60.7 Å². The van der Waals surface area contributed by atoms with Crippen LogP contribution in [0.4, 0.5) is 8.78 Å². The first-order valence-corrected chi connectivity index (χ1v) is 10.4. The predicted octanol–water partition coefficient (Wildman–Crippen LogP) is 5.46. The van der Waals surface area contributed by atoms with E-state index in [0.29, 0.717) is 24.8 Å². The van der Waals surface area contributed by atoms with Crippen molar-refractivity contribution in [1.29, 1.82) is 0 Å². The van der Waals surface area contributed by atoms with Gasteiger partial charge >= 0.3 is 0 Å². The lowest BCUT2D eigenvalue weighted by molar-refractivity contribution is -0.344. The minimum Gasteiger partial charge on any atom is -0.343 e. The monoisotopic (exact) mass is 386 g/mol. The van der Waals surface area contributed by atoms with Crippen molar-refractivity contribution in [1.82, 2.24) is 0 Å². The Morgan fingerprint density at radius 1 is 0.741 bits per heavy atom. The quantitative estimate of drug-likeness (QED) is 0.277. The Morgan fingerprint density at radius 2 is 1.22 bits per heavy atom. The zero-order valence-corrected chi connectivity index (χ0v) is 16.6. The molecule has 5 heteroatoms. The van der Waals surface area contributed by atoms with Gasteiger partial charge in [-0.15, -0.1) is 0 Å². The first kappa shape index (κ1) is 24.0. The molecule has 156 valence electrons. The average Bonchev–Trinajstić information content (AvgIpc) is 2.57. The van der Waals surface area contributed by atoms with Crippen LogP contribution in [0.5, 0.6) is 0 Å². The highest BCUT2D eigenvalue weighted by molar-refractivity contribution is 5.17. The van der Waals surface area contributed by atoms with E-state index in [1.165, 1.54) is 31.4 Å². The number of benzene rings is 1.